The van der Waals surface area contributed by atoms with E-state index >= 15 is 0 Å². The molecule has 7 heteroatoms. The summed E-state index contributed by atoms with van der Waals surface area (Å²) in [5.74, 6) is 0.714. The van der Waals surface area contributed by atoms with Gasteiger partial charge >= 0.3 is 0 Å². The number of carbonyl (C=O) groups excluding carboxylic acids is 1. The van der Waals surface area contributed by atoms with Gasteiger partial charge in [-0.2, -0.15) is 0 Å². The summed E-state index contributed by atoms with van der Waals surface area (Å²) in [6.45, 7) is 1.69. The summed E-state index contributed by atoms with van der Waals surface area (Å²) < 4.78 is 11.0. The maximum Gasteiger partial charge on any atom is 0.249 e. The van der Waals surface area contributed by atoms with Crippen LogP contribution in [0.1, 0.15) is 23.5 Å². The minimum absolute atomic E-state index is 0.0159. The minimum atomic E-state index is -0.270. The molecule has 1 amide bonds. The van der Waals surface area contributed by atoms with Crippen LogP contribution in [0.2, 0.25) is 0 Å². The van der Waals surface area contributed by atoms with Crippen molar-refractivity contribution in [2.45, 2.75) is 32.0 Å². The number of hydrogen-bond acceptors (Lipinski definition) is 6. The second-order valence-electron chi connectivity index (χ2n) is 5.25. The number of amides is 1. The number of aromatic nitrogens is 2. The van der Waals surface area contributed by atoms with Crippen molar-refractivity contribution in [2.24, 2.45) is 0 Å². The maximum absolute atomic E-state index is 11.8. The third-order valence-corrected chi connectivity index (χ3v) is 4.37. The topological polar surface area (TPSA) is 73.3 Å². The van der Waals surface area contributed by atoms with Crippen LogP contribution in [0.25, 0.3) is 0 Å². The van der Waals surface area contributed by atoms with E-state index in [0.717, 1.165) is 29.3 Å². The first-order valence-corrected chi connectivity index (χ1v) is 8.54. The lowest BCUT2D eigenvalue weighted by molar-refractivity contribution is -0.129. The van der Waals surface area contributed by atoms with E-state index in [-0.39, 0.29) is 12.0 Å². The number of rotatable bonds is 7. The molecule has 1 fully saturated rings. The normalized spacial score (nSPS) is 17.1. The number of nitrogens with one attached hydrogen (secondary N) is 1. The van der Waals surface area contributed by atoms with Gasteiger partial charge in [-0.3, -0.25) is 9.78 Å². The standard InChI is InChI=1S/C16H19N3O3S/c20-16(14-4-2-8-21-14)18-7-5-12-11-23-15(19-12)10-22-13-3-1-6-17-9-13/h1,3,6,9,11,14H,2,4-5,7-8,10H2,(H,18,20). The van der Waals surface area contributed by atoms with Crippen LogP contribution >= 0.6 is 11.3 Å². The molecule has 6 nitrogen and oxygen atoms in total. The Morgan fingerprint density at radius 1 is 1.52 bits per heavy atom. The molecule has 1 aliphatic heterocycles. The summed E-state index contributed by atoms with van der Waals surface area (Å²) >= 11 is 1.56. The molecule has 0 aliphatic carbocycles. The van der Waals surface area contributed by atoms with Crippen molar-refractivity contribution < 1.29 is 14.3 Å². The molecule has 1 N–H and O–H groups in total. The van der Waals surface area contributed by atoms with Crippen LogP contribution in [0, 0.1) is 0 Å². The van der Waals surface area contributed by atoms with Gasteiger partial charge < -0.3 is 14.8 Å². The highest BCUT2D eigenvalue weighted by Crippen LogP contribution is 2.15. The summed E-state index contributed by atoms with van der Waals surface area (Å²) in [5.41, 5.74) is 0.965. The summed E-state index contributed by atoms with van der Waals surface area (Å²) in [6.07, 6.45) is 5.60. The van der Waals surface area contributed by atoms with Crippen LogP contribution in [0.5, 0.6) is 5.75 Å². The average molecular weight is 333 g/mol. The fourth-order valence-corrected chi connectivity index (χ4v) is 3.06. The molecule has 0 bridgehead atoms. The van der Waals surface area contributed by atoms with Crippen molar-refractivity contribution in [1.29, 1.82) is 0 Å². The highest BCUT2D eigenvalue weighted by Gasteiger charge is 2.22. The van der Waals surface area contributed by atoms with E-state index in [0.29, 0.717) is 26.2 Å². The molecule has 2 aromatic heterocycles. The zero-order chi connectivity index (χ0) is 15.9. The predicted molar refractivity (Wildman–Crippen MR) is 86.4 cm³/mol. The molecule has 0 aromatic carbocycles. The molecular formula is C16H19N3O3S. The monoisotopic (exact) mass is 333 g/mol. The largest absolute Gasteiger partial charge is 0.485 e. The summed E-state index contributed by atoms with van der Waals surface area (Å²) in [5, 5.41) is 5.81. The lowest BCUT2D eigenvalue weighted by atomic mass is 10.2. The fourth-order valence-electron chi connectivity index (χ4n) is 2.32. The van der Waals surface area contributed by atoms with Gasteiger partial charge in [-0.15, -0.1) is 11.3 Å². The molecule has 23 heavy (non-hydrogen) atoms. The lowest BCUT2D eigenvalue weighted by Crippen LogP contribution is -2.35. The van der Waals surface area contributed by atoms with Crippen molar-refractivity contribution in [3.63, 3.8) is 0 Å². The first kappa shape index (κ1) is 15.9. The molecule has 0 radical (unpaired) electrons. The van der Waals surface area contributed by atoms with Crippen LogP contribution in [0.15, 0.2) is 29.9 Å². The maximum atomic E-state index is 11.8. The summed E-state index contributed by atoms with van der Waals surface area (Å²) in [4.78, 5) is 20.3. The Bertz CT molecular complexity index is 627. The molecule has 122 valence electrons. The zero-order valence-corrected chi connectivity index (χ0v) is 13.6. The smallest absolute Gasteiger partial charge is 0.249 e. The number of thiazole rings is 1. The van der Waals surface area contributed by atoms with Crippen molar-refractivity contribution in [2.75, 3.05) is 13.2 Å². The Labute approximate surface area is 138 Å². The molecule has 1 atom stereocenters. The first-order valence-electron chi connectivity index (χ1n) is 7.67. The van der Waals surface area contributed by atoms with Crippen molar-refractivity contribution in [1.82, 2.24) is 15.3 Å². The number of pyridine rings is 1. The van der Waals surface area contributed by atoms with Gasteiger partial charge in [0.2, 0.25) is 5.91 Å². The van der Waals surface area contributed by atoms with Gasteiger partial charge in [-0.1, -0.05) is 0 Å². The van der Waals surface area contributed by atoms with Gasteiger partial charge in [0, 0.05) is 31.1 Å². The van der Waals surface area contributed by atoms with Crippen LogP contribution in [-0.2, 0) is 22.6 Å². The van der Waals surface area contributed by atoms with Crippen molar-refractivity contribution in [3.05, 3.63) is 40.6 Å². The van der Waals surface area contributed by atoms with E-state index in [1.54, 1.807) is 23.7 Å². The van der Waals surface area contributed by atoms with Gasteiger partial charge in [0.05, 0.1) is 11.9 Å². The number of hydrogen-bond donors (Lipinski definition) is 1. The van der Waals surface area contributed by atoms with E-state index in [1.165, 1.54) is 0 Å². The van der Waals surface area contributed by atoms with E-state index in [1.807, 2.05) is 17.5 Å². The van der Waals surface area contributed by atoms with Gasteiger partial charge in [-0.05, 0) is 25.0 Å². The van der Waals surface area contributed by atoms with Gasteiger partial charge in [0.15, 0.2) is 0 Å². The van der Waals surface area contributed by atoms with Crippen LogP contribution < -0.4 is 10.1 Å². The molecule has 1 unspecified atom stereocenters. The summed E-state index contributed by atoms with van der Waals surface area (Å²) in [7, 11) is 0. The van der Waals surface area contributed by atoms with Gasteiger partial charge in [0.25, 0.3) is 0 Å². The molecular weight excluding hydrogens is 314 g/mol. The number of carbonyl (C=O) groups is 1. The SMILES string of the molecule is O=C(NCCc1csc(COc2cccnc2)n1)C1CCCO1. The molecule has 0 saturated carbocycles. The van der Waals surface area contributed by atoms with E-state index in [9.17, 15) is 4.79 Å². The molecule has 1 saturated heterocycles. The second kappa shape index (κ2) is 8.03. The third-order valence-electron chi connectivity index (χ3n) is 3.50. The van der Waals surface area contributed by atoms with Crippen LogP contribution in [0.3, 0.4) is 0 Å². The molecule has 2 aromatic rings. The van der Waals surface area contributed by atoms with Crippen LogP contribution in [-0.4, -0.2) is 35.1 Å². The van der Waals surface area contributed by atoms with Crippen molar-refractivity contribution >= 4 is 17.2 Å². The van der Waals surface area contributed by atoms with Gasteiger partial charge in [-0.25, -0.2) is 4.98 Å². The quantitative estimate of drug-likeness (QED) is 0.838. The van der Waals surface area contributed by atoms with E-state index in [4.69, 9.17) is 9.47 Å². The fraction of sp³-hybridized carbons (Fsp3) is 0.438. The highest BCUT2D eigenvalue weighted by atomic mass is 32.1. The number of nitrogens with zero attached hydrogens (tertiary/aromatic N) is 2. The second-order valence-corrected chi connectivity index (χ2v) is 6.20. The Morgan fingerprint density at radius 3 is 3.26 bits per heavy atom. The molecule has 3 rings (SSSR count). The lowest BCUT2D eigenvalue weighted by Gasteiger charge is -2.09. The Balaban J connectivity index is 1.39. The average Bonchev–Trinajstić information content (AvgIpc) is 3.26. The molecule has 0 spiro atoms. The number of ether oxygens (including phenoxy) is 2. The van der Waals surface area contributed by atoms with Crippen molar-refractivity contribution in [3.8, 4) is 5.75 Å². The zero-order valence-electron chi connectivity index (χ0n) is 12.7. The molecule has 1 aliphatic rings. The minimum Gasteiger partial charge on any atom is -0.485 e. The Hall–Kier alpha value is -1.99. The predicted octanol–water partition coefficient (Wildman–Crippen LogP) is 1.95. The first-order chi connectivity index (χ1) is 11.3. The van der Waals surface area contributed by atoms with Gasteiger partial charge in [0.1, 0.15) is 23.5 Å². The molecule has 3 heterocycles. The highest BCUT2D eigenvalue weighted by molar-refractivity contribution is 7.09. The van der Waals surface area contributed by atoms with E-state index < -0.39 is 0 Å². The third kappa shape index (κ3) is 4.74. The van der Waals surface area contributed by atoms with E-state index in [2.05, 4.69) is 15.3 Å². The summed E-state index contributed by atoms with van der Waals surface area (Å²) in [6, 6.07) is 3.70. The Kier molecular flexibility index (Phi) is 5.55. The Morgan fingerprint density at radius 2 is 2.48 bits per heavy atom. The van der Waals surface area contributed by atoms with Crippen LogP contribution in [0.4, 0.5) is 0 Å².